The van der Waals surface area contributed by atoms with Crippen molar-refractivity contribution in [2.75, 3.05) is 20.6 Å². The highest BCUT2D eigenvalue weighted by Gasteiger charge is 2.27. The minimum absolute atomic E-state index is 0.313. The fourth-order valence-electron chi connectivity index (χ4n) is 2.77. The second kappa shape index (κ2) is 6.56. The molecule has 1 aliphatic carbocycles. The summed E-state index contributed by atoms with van der Waals surface area (Å²) in [7, 11) is 4.12. The molecule has 0 heterocycles. The Morgan fingerprint density at radius 1 is 1.32 bits per heavy atom. The highest BCUT2D eigenvalue weighted by molar-refractivity contribution is 6.30. The van der Waals surface area contributed by atoms with E-state index in [9.17, 15) is 5.11 Å². The Kier molecular flexibility index (Phi) is 5.03. The van der Waals surface area contributed by atoms with Gasteiger partial charge in [0, 0.05) is 17.5 Å². The Morgan fingerprint density at radius 3 is 2.63 bits per heavy atom. The number of rotatable bonds is 3. The highest BCUT2D eigenvalue weighted by atomic mass is 35.5. The number of benzene rings is 1. The van der Waals surface area contributed by atoms with E-state index in [1.807, 2.05) is 24.3 Å². The van der Waals surface area contributed by atoms with E-state index in [4.69, 9.17) is 11.6 Å². The van der Waals surface area contributed by atoms with Gasteiger partial charge in [-0.15, -0.1) is 0 Å². The van der Waals surface area contributed by atoms with Crippen molar-refractivity contribution in [3.05, 3.63) is 40.4 Å². The second-order valence-corrected chi connectivity index (χ2v) is 6.07. The summed E-state index contributed by atoms with van der Waals surface area (Å²) in [5.74, 6) is 0.349. The predicted octanol–water partition coefficient (Wildman–Crippen LogP) is 3.45. The van der Waals surface area contributed by atoms with E-state index >= 15 is 0 Å². The summed E-state index contributed by atoms with van der Waals surface area (Å²) in [4.78, 5) is 2.15. The van der Waals surface area contributed by atoms with Gasteiger partial charge in [-0.25, -0.2) is 0 Å². The number of halogens is 1. The van der Waals surface area contributed by atoms with Gasteiger partial charge in [-0.05, 0) is 56.6 Å². The van der Waals surface area contributed by atoms with Gasteiger partial charge in [0.1, 0.15) is 0 Å². The molecule has 2 nitrogen and oxygen atoms in total. The van der Waals surface area contributed by atoms with Gasteiger partial charge in [0.15, 0.2) is 0 Å². The van der Waals surface area contributed by atoms with E-state index in [2.05, 4.69) is 25.1 Å². The SMILES string of the molecule is CN(C)CC1CCCC(=Cc2ccc(Cl)cc2)C1O. The Bertz CT molecular complexity index is 439. The first-order chi connectivity index (χ1) is 9.06. The third-order valence-electron chi connectivity index (χ3n) is 3.69. The molecule has 1 saturated carbocycles. The molecule has 2 unspecified atom stereocenters. The Labute approximate surface area is 120 Å². The third-order valence-corrected chi connectivity index (χ3v) is 3.94. The molecule has 1 aliphatic rings. The van der Waals surface area contributed by atoms with Gasteiger partial charge in [-0.2, -0.15) is 0 Å². The molecule has 0 spiro atoms. The molecular formula is C16H22ClNO. The molecule has 0 aliphatic heterocycles. The van der Waals surface area contributed by atoms with Crippen LogP contribution in [0.2, 0.25) is 5.02 Å². The molecule has 1 aromatic rings. The van der Waals surface area contributed by atoms with Crippen molar-refractivity contribution >= 4 is 17.7 Å². The van der Waals surface area contributed by atoms with Gasteiger partial charge >= 0.3 is 0 Å². The largest absolute Gasteiger partial charge is 0.388 e. The summed E-state index contributed by atoms with van der Waals surface area (Å²) in [6, 6.07) is 7.77. The monoisotopic (exact) mass is 279 g/mol. The lowest BCUT2D eigenvalue weighted by atomic mass is 9.82. The van der Waals surface area contributed by atoms with E-state index in [0.29, 0.717) is 5.92 Å². The summed E-state index contributed by atoms with van der Waals surface area (Å²) in [6.07, 6.45) is 5.06. The maximum absolute atomic E-state index is 10.5. The molecule has 2 rings (SSSR count). The first-order valence-electron chi connectivity index (χ1n) is 6.85. The summed E-state index contributed by atoms with van der Waals surface area (Å²) in [5, 5.41) is 11.2. The van der Waals surface area contributed by atoms with Crippen LogP contribution in [0, 0.1) is 5.92 Å². The maximum atomic E-state index is 10.5. The highest BCUT2D eigenvalue weighted by Crippen LogP contribution is 2.31. The molecule has 104 valence electrons. The molecule has 0 bridgehead atoms. The van der Waals surface area contributed by atoms with Crippen LogP contribution in [0.3, 0.4) is 0 Å². The molecule has 3 heteroatoms. The van der Waals surface area contributed by atoms with Crippen LogP contribution in [0.25, 0.3) is 6.08 Å². The zero-order valence-corrected chi connectivity index (χ0v) is 12.4. The summed E-state index contributed by atoms with van der Waals surface area (Å²) < 4.78 is 0. The molecule has 2 atom stereocenters. The van der Waals surface area contributed by atoms with Crippen molar-refractivity contribution in [1.29, 1.82) is 0 Å². The number of hydrogen-bond donors (Lipinski definition) is 1. The van der Waals surface area contributed by atoms with Crippen LogP contribution >= 0.6 is 11.6 Å². The molecule has 19 heavy (non-hydrogen) atoms. The fourth-order valence-corrected chi connectivity index (χ4v) is 2.89. The van der Waals surface area contributed by atoms with E-state index in [1.54, 1.807) is 0 Å². The van der Waals surface area contributed by atoms with Gasteiger partial charge in [0.2, 0.25) is 0 Å². The van der Waals surface area contributed by atoms with E-state index < -0.39 is 0 Å². The van der Waals surface area contributed by atoms with Gasteiger partial charge in [-0.3, -0.25) is 0 Å². The number of aliphatic hydroxyl groups is 1. The van der Waals surface area contributed by atoms with E-state index in [1.165, 1.54) is 0 Å². The molecule has 0 amide bonds. The van der Waals surface area contributed by atoms with Gasteiger partial charge in [-0.1, -0.05) is 29.8 Å². The first kappa shape index (κ1) is 14.6. The Balaban J connectivity index is 2.12. The van der Waals surface area contributed by atoms with Crippen LogP contribution in [-0.2, 0) is 0 Å². The number of aliphatic hydroxyl groups excluding tert-OH is 1. The van der Waals surface area contributed by atoms with Crippen molar-refractivity contribution in [2.24, 2.45) is 5.92 Å². The van der Waals surface area contributed by atoms with Gasteiger partial charge in [0.25, 0.3) is 0 Å². The van der Waals surface area contributed by atoms with Crippen LogP contribution in [0.5, 0.6) is 0 Å². The first-order valence-corrected chi connectivity index (χ1v) is 7.23. The van der Waals surface area contributed by atoms with Crippen LogP contribution in [0.4, 0.5) is 0 Å². The zero-order valence-electron chi connectivity index (χ0n) is 11.6. The lowest BCUT2D eigenvalue weighted by Gasteiger charge is -2.32. The molecule has 1 aromatic carbocycles. The molecule has 1 fully saturated rings. The van der Waals surface area contributed by atoms with Crippen molar-refractivity contribution < 1.29 is 5.11 Å². The van der Waals surface area contributed by atoms with Crippen molar-refractivity contribution in [1.82, 2.24) is 4.90 Å². The topological polar surface area (TPSA) is 23.5 Å². The average molecular weight is 280 g/mol. The normalized spacial score (nSPS) is 26.1. The standard InChI is InChI=1S/C16H22ClNO/c1-18(2)11-14-5-3-4-13(16(14)19)10-12-6-8-15(17)9-7-12/h6-10,14,16,19H,3-5,11H2,1-2H3. The Morgan fingerprint density at radius 2 is 2.00 bits per heavy atom. The molecule has 0 saturated heterocycles. The minimum Gasteiger partial charge on any atom is -0.388 e. The molecule has 0 radical (unpaired) electrons. The lowest BCUT2D eigenvalue weighted by Crippen LogP contribution is -2.34. The summed E-state index contributed by atoms with van der Waals surface area (Å²) in [6.45, 7) is 0.944. The lowest BCUT2D eigenvalue weighted by molar-refractivity contribution is 0.0967. The molecule has 0 aromatic heterocycles. The summed E-state index contributed by atoms with van der Waals surface area (Å²) in [5.41, 5.74) is 2.27. The molecular weight excluding hydrogens is 258 g/mol. The van der Waals surface area contributed by atoms with Crippen molar-refractivity contribution in [2.45, 2.75) is 25.4 Å². The fraction of sp³-hybridized carbons (Fsp3) is 0.500. The predicted molar refractivity (Wildman–Crippen MR) is 81.3 cm³/mol. The number of nitrogens with zero attached hydrogens (tertiary/aromatic N) is 1. The minimum atomic E-state index is -0.313. The smallest absolute Gasteiger partial charge is 0.0793 e. The third kappa shape index (κ3) is 4.07. The summed E-state index contributed by atoms with van der Waals surface area (Å²) >= 11 is 5.89. The van der Waals surface area contributed by atoms with Crippen LogP contribution < -0.4 is 0 Å². The van der Waals surface area contributed by atoms with Crippen molar-refractivity contribution in [3.63, 3.8) is 0 Å². The zero-order chi connectivity index (χ0) is 13.8. The van der Waals surface area contributed by atoms with Gasteiger partial charge in [0.05, 0.1) is 6.10 Å². The van der Waals surface area contributed by atoms with Crippen LogP contribution in [0.15, 0.2) is 29.8 Å². The average Bonchev–Trinajstić information content (AvgIpc) is 2.36. The second-order valence-electron chi connectivity index (χ2n) is 5.63. The van der Waals surface area contributed by atoms with E-state index in [0.717, 1.165) is 42.0 Å². The Hall–Kier alpha value is -0.830. The maximum Gasteiger partial charge on any atom is 0.0793 e. The molecule has 1 N–H and O–H groups in total. The van der Waals surface area contributed by atoms with Crippen molar-refractivity contribution in [3.8, 4) is 0 Å². The van der Waals surface area contributed by atoms with Crippen LogP contribution in [0.1, 0.15) is 24.8 Å². The number of hydrogen-bond acceptors (Lipinski definition) is 2. The quantitative estimate of drug-likeness (QED) is 0.916. The van der Waals surface area contributed by atoms with Crippen LogP contribution in [-0.4, -0.2) is 36.8 Å². The van der Waals surface area contributed by atoms with Gasteiger partial charge < -0.3 is 10.0 Å². The van der Waals surface area contributed by atoms with E-state index in [-0.39, 0.29) is 6.10 Å².